The highest BCUT2D eigenvalue weighted by Gasteiger charge is 2.16. The molecular formula is C24H34N4O6. The first-order valence-electron chi connectivity index (χ1n) is 11.3. The van der Waals surface area contributed by atoms with Crippen molar-refractivity contribution in [1.29, 1.82) is 0 Å². The molecule has 186 valence electrons. The molecule has 0 saturated heterocycles. The zero-order valence-electron chi connectivity index (χ0n) is 19.1. The lowest BCUT2D eigenvalue weighted by molar-refractivity contribution is 0.0938. The van der Waals surface area contributed by atoms with E-state index in [1.54, 1.807) is 24.3 Å². The van der Waals surface area contributed by atoms with Gasteiger partial charge >= 0.3 is 0 Å². The van der Waals surface area contributed by atoms with Gasteiger partial charge in [-0.2, -0.15) is 0 Å². The van der Waals surface area contributed by atoms with Gasteiger partial charge in [0.2, 0.25) is 0 Å². The van der Waals surface area contributed by atoms with Crippen LogP contribution in [0.4, 0.5) is 11.4 Å². The Bertz CT molecular complexity index is 862. The predicted molar refractivity (Wildman–Crippen MR) is 131 cm³/mol. The standard InChI is InChI=1S/C24H34N4O6/c29-11-1-7-25-21-5-3-17(15-19(21)23(33)27-9-13-31)18-4-6-22(26-8-2-12-30)20(16-18)24(34)28-10-14-32/h3-6,15-16,25-26,29-32H,1-2,7-14H2,(H,27,33)(H,28,34). The highest BCUT2D eigenvalue weighted by molar-refractivity contribution is 6.02. The number of hydrogen-bond donors (Lipinski definition) is 8. The van der Waals surface area contributed by atoms with Gasteiger partial charge < -0.3 is 41.7 Å². The van der Waals surface area contributed by atoms with Crippen LogP contribution in [0.15, 0.2) is 36.4 Å². The summed E-state index contributed by atoms with van der Waals surface area (Å²) in [5.74, 6) is -0.712. The minimum Gasteiger partial charge on any atom is -0.396 e. The lowest BCUT2D eigenvalue weighted by Gasteiger charge is -2.16. The summed E-state index contributed by atoms with van der Waals surface area (Å²) in [7, 11) is 0. The normalized spacial score (nSPS) is 10.6. The Hall–Kier alpha value is -3.18. The quantitative estimate of drug-likeness (QED) is 0.172. The fraction of sp³-hybridized carbons (Fsp3) is 0.417. The van der Waals surface area contributed by atoms with Crippen molar-refractivity contribution in [3.05, 3.63) is 47.5 Å². The predicted octanol–water partition coefficient (Wildman–Crippen LogP) is 0.386. The van der Waals surface area contributed by atoms with E-state index in [2.05, 4.69) is 21.3 Å². The van der Waals surface area contributed by atoms with Crippen molar-refractivity contribution in [1.82, 2.24) is 10.6 Å². The molecular weight excluding hydrogens is 440 g/mol. The van der Waals surface area contributed by atoms with Crippen molar-refractivity contribution >= 4 is 23.2 Å². The van der Waals surface area contributed by atoms with Crippen LogP contribution in [0, 0.1) is 0 Å². The molecule has 0 spiro atoms. The minimum absolute atomic E-state index is 0.0247. The molecule has 0 atom stereocenters. The van der Waals surface area contributed by atoms with Crippen molar-refractivity contribution in [3.63, 3.8) is 0 Å². The van der Waals surface area contributed by atoms with E-state index in [9.17, 15) is 9.59 Å². The summed E-state index contributed by atoms with van der Waals surface area (Å²) in [4.78, 5) is 25.4. The topological polar surface area (TPSA) is 163 Å². The molecule has 0 heterocycles. The smallest absolute Gasteiger partial charge is 0.253 e. The van der Waals surface area contributed by atoms with E-state index < -0.39 is 0 Å². The van der Waals surface area contributed by atoms with Crippen LogP contribution in [0.1, 0.15) is 33.6 Å². The van der Waals surface area contributed by atoms with E-state index in [-0.39, 0.29) is 51.3 Å². The average molecular weight is 475 g/mol. The van der Waals surface area contributed by atoms with Crippen molar-refractivity contribution in [2.24, 2.45) is 0 Å². The van der Waals surface area contributed by atoms with Gasteiger partial charge in [0, 0.05) is 50.8 Å². The molecule has 8 N–H and O–H groups in total. The van der Waals surface area contributed by atoms with Gasteiger partial charge in [0.1, 0.15) is 0 Å². The Morgan fingerprint density at radius 1 is 0.588 bits per heavy atom. The summed E-state index contributed by atoms with van der Waals surface area (Å²) >= 11 is 0. The number of carbonyl (C=O) groups excluding carboxylic acids is 2. The van der Waals surface area contributed by atoms with Crippen molar-refractivity contribution < 1.29 is 30.0 Å². The molecule has 0 unspecified atom stereocenters. The molecule has 0 aliphatic heterocycles. The molecule has 0 aromatic heterocycles. The molecule has 0 radical (unpaired) electrons. The van der Waals surface area contributed by atoms with Gasteiger partial charge in [-0.25, -0.2) is 0 Å². The minimum atomic E-state index is -0.356. The van der Waals surface area contributed by atoms with Crippen molar-refractivity contribution in [2.75, 3.05) is 63.2 Å². The van der Waals surface area contributed by atoms with E-state index >= 15 is 0 Å². The number of nitrogens with one attached hydrogen (secondary N) is 4. The van der Waals surface area contributed by atoms with E-state index in [1.165, 1.54) is 0 Å². The van der Waals surface area contributed by atoms with Gasteiger partial charge in [0.25, 0.3) is 11.8 Å². The van der Waals surface area contributed by atoms with Gasteiger partial charge in [-0.3, -0.25) is 9.59 Å². The Labute approximate surface area is 199 Å². The fourth-order valence-electron chi connectivity index (χ4n) is 3.27. The van der Waals surface area contributed by atoms with Crippen LogP contribution in [-0.4, -0.2) is 84.8 Å². The second-order valence-electron chi connectivity index (χ2n) is 7.49. The maximum absolute atomic E-state index is 12.7. The summed E-state index contributed by atoms with van der Waals surface area (Å²) in [6, 6.07) is 10.6. The second-order valence-corrected chi connectivity index (χ2v) is 7.49. The molecule has 0 saturated carbocycles. The van der Waals surface area contributed by atoms with Crippen LogP contribution >= 0.6 is 0 Å². The Morgan fingerprint density at radius 3 is 1.35 bits per heavy atom. The molecule has 0 aliphatic rings. The maximum atomic E-state index is 12.7. The molecule has 2 rings (SSSR count). The van der Waals surface area contributed by atoms with E-state index in [0.29, 0.717) is 59.6 Å². The third-order valence-corrected chi connectivity index (χ3v) is 4.96. The maximum Gasteiger partial charge on any atom is 0.253 e. The number of benzene rings is 2. The molecule has 34 heavy (non-hydrogen) atoms. The largest absolute Gasteiger partial charge is 0.396 e. The summed E-state index contributed by atoms with van der Waals surface area (Å²) in [6.07, 6.45) is 1.05. The SMILES string of the molecule is O=C(NCCO)c1cc(-c2ccc(NCCCO)c(C(=O)NCCO)c2)ccc1NCCCO. The number of anilines is 2. The van der Waals surface area contributed by atoms with Gasteiger partial charge in [0.05, 0.1) is 24.3 Å². The summed E-state index contributed by atoms with van der Waals surface area (Å²) in [5.41, 5.74) is 3.35. The molecule has 10 nitrogen and oxygen atoms in total. The fourth-order valence-corrected chi connectivity index (χ4v) is 3.27. The average Bonchev–Trinajstić information content (AvgIpc) is 2.86. The van der Waals surface area contributed by atoms with E-state index in [1.807, 2.05) is 12.1 Å². The lowest BCUT2D eigenvalue weighted by atomic mass is 9.98. The first-order valence-corrected chi connectivity index (χ1v) is 11.3. The monoisotopic (exact) mass is 474 g/mol. The Kier molecular flexibility index (Phi) is 11.8. The van der Waals surface area contributed by atoms with Gasteiger partial charge in [-0.15, -0.1) is 0 Å². The number of rotatable bonds is 15. The summed E-state index contributed by atoms with van der Waals surface area (Å²) in [5, 5.41) is 47.8. The number of aliphatic hydroxyl groups excluding tert-OH is 4. The van der Waals surface area contributed by atoms with Gasteiger partial charge in [0.15, 0.2) is 0 Å². The summed E-state index contributed by atoms with van der Waals surface area (Å²) < 4.78 is 0. The lowest BCUT2D eigenvalue weighted by Crippen LogP contribution is -2.27. The van der Waals surface area contributed by atoms with Crippen LogP contribution in [0.5, 0.6) is 0 Å². The number of amides is 2. The molecule has 2 amide bonds. The van der Waals surface area contributed by atoms with Gasteiger partial charge in [-0.1, -0.05) is 12.1 Å². The van der Waals surface area contributed by atoms with Crippen molar-refractivity contribution in [2.45, 2.75) is 12.8 Å². The third kappa shape index (κ3) is 7.99. The van der Waals surface area contributed by atoms with E-state index in [4.69, 9.17) is 20.4 Å². The highest BCUT2D eigenvalue weighted by atomic mass is 16.3. The first-order chi connectivity index (χ1) is 16.5. The van der Waals surface area contributed by atoms with Crippen molar-refractivity contribution in [3.8, 4) is 11.1 Å². The molecule has 0 fully saturated rings. The van der Waals surface area contributed by atoms with Crippen LogP contribution in [0.2, 0.25) is 0 Å². The number of hydrogen-bond acceptors (Lipinski definition) is 8. The zero-order valence-corrected chi connectivity index (χ0v) is 19.1. The molecule has 0 aliphatic carbocycles. The van der Waals surface area contributed by atoms with Crippen LogP contribution in [0.3, 0.4) is 0 Å². The number of aliphatic hydroxyl groups is 4. The van der Waals surface area contributed by atoms with E-state index in [0.717, 1.165) is 0 Å². The summed E-state index contributed by atoms with van der Waals surface area (Å²) in [6.45, 7) is 0.878. The Balaban J connectivity index is 2.42. The molecule has 2 aromatic rings. The third-order valence-electron chi connectivity index (χ3n) is 4.96. The highest BCUT2D eigenvalue weighted by Crippen LogP contribution is 2.29. The van der Waals surface area contributed by atoms with Gasteiger partial charge in [-0.05, 0) is 48.2 Å². The van der Waals surface area contributed by atoms with Crippen LogP contribution < -0.4 is 21.3 Å². The van der Waals surface area contributed by atoms with Crippen LogP contribution in [0.25, 0.3) is 11.1 Å². The Morgan fingerprint density at radius 2 is 1.00 bits per heavy atom. The second kappa shape index (κ2) is 14.9. The molecule has 2 aromatic carbocycles. The van der Waals surface area contributed by atoms with Crippen LogP contribution in [-0.2, 0) is 0 Å². The first kappa shape index (κ1) is 27.1. The number of carbonyl (C=O) groups is 2. The zero-order chi connectivity index (χ0) is 24.8. The molecule has 0 bridgehead atoms. The molecule has 10 heteroatoms.